The first-order chi connectivity index (χ1) is 12.6. The Balaban J connectivity index is 1.93. The molecule has 0 aliphatic carbocycles. The number of carbonyl (C=O) groups is 1. The molecule has 3 rings (SSSR count). The quantitative estimate of drug-likeness (QED) is 0.728. The van der Waals surface area contributed by atoms with Crippen molar-refractivity contribution in [2.24, 2.45) is 7.05 Å². The van der Waals surface area contributed by atoms with E-state index in [0.717, 1.165) is 32.7 Å². The number of nitrogens with one attached hydrogen (secondary N) is 1. The molecule has 1 aromatic carbocycles. The zero-order valence-corrected chi connectivity index (χ0v) is 17.0. The van der Waals surface area contributed by atoms with Gasteiger partial charge in [0.05, 0.1) is 17.6 Å². The van der Waals surface area contributed by atoms with Gasteiger partial charge in [0.15, 0.2) is 0 Å². The highest BCUT2D eigenvalue weighted by atomic mass is 32.2. The number of hydrogen-bond donors (Lipinski definition) is 1. The van der Waals surface area contributed by atoms with Crippen molar-refractivity contribution >= 4 is 32.5 Å². The lowest BCUT2D eigenvalue weighted by molar-refractivity contribution is -0.117. The summed E-state index contributed by atoms with van der Waals surface area (Å²) < 4.78 is 27.3. The van der Waals surface area contributed by atoms with Gasteiger partial charge in [-0.25, -0.2) is 12.7 Å². The molecule has 1 amide bonds. The Morgan fingerprint density at radius 2 is 1.89 bits per heavy atom. The number of carbonyl (C=O) groups excluding carboxylic acids is 1. The molecule has 0 saturated carbocycles. The zero-order chi connectivity index (χ0) is 19.9. The SMILES string of the molecule is Cc1nn(C)c(C)c1N(C(=O)CCc1c(C)[nH]c2ccccc12)S(C)(=O)=O. The minimum absolute atomic E-state index is 0.0868. The minimum Gasteiger partial charge on any atom is -0.358 e. The Hall–Kier alpha value is -2.61. The Morgan fingerprint density at radius 1 is 1.22 bits per heavy atom. The molecule has 0 spiro atoms. The molecule has 8 heteroatoms. The minimum atomic E-state index is -3.77. The average Bonchev–Trinajstić information content (AvgIpc) is 3.02. The molecule has 0 fully saturated rings. The lowest BCUT2D eigenvalue weighted by Gasteiger charge is -2.21. The number of aromatic amines is 1. The van der Waals surface area contributed by atoms with Gasteiger partial charge in [-0.3, -0.25) is 9.48 Å². The normalized spacial score (nSPS) is 11.9. The predicted molar refractivity (Wildman–Crippen MR) is 106 cm³/mol. The summed E-state index contributed by atoms with van der Waals surface area (Å²) in [5, 5.41) is 5.30. The lowest BCUT2D eigenvalue weighted by atomic mass is 10.1. The molecule has 0 radical (unpaired) electrons. The van der Waals surface area contributed by atoms with Crippen LogP contribution in [0.25, 0.3) is 10.9 Å². The summed E-state index contributed by atoms with van der Waals surface area (Å²) in [6.45, 7) is 5.42. The molecule has 2 heterocycles. The maximum Gasteiger partial charge on any atom is 0.241 e. The standard InChI is InChI=1S/C19H24N4O3S/c1-12-15(16-8-6-7-9-17(16)20-12)10-11-18(24)23(27(5,25)26)19-13(2)21-22(4)14(19)3/h6-9,20H,10-11H2,1-5H3. The topological polar surface area (TPSA) is 88.1 Å². The highest BCUT2D eigenvalue weighted by Gasteiger charge is 2.30. The third kappa shape index (κ3) is 3.49. The molecular formula is C19H24N4O3S. The molecule has 0 aliphatic heterocycles. The molecule has 2 aromatic heterocycles. The molecule has 3 aromatic rings. The molecule has 0 bridgehead atoms. The van der Waals surface area contributed by atoms with Gasteiger partial charge < -0.3 is 4.98 Å². The van der Waals surface area contributed by atoms with Gasteiger partial charge in [0.2, 0.25) is 15.9 Å². The van der Waals surface area contributed by atoms with Crippen LogP contribution in [0.1, 0.15) is 29.1 Å². The summed E-state index contributed by atoms with van der Waals surface area (Å²) in [4.78, 5) is 16.3. The number of benzene rings is 1. The van der Waals surface area contributed by atoms with Crippen molar-refractivity contribution in [3.05, 3.63) is 46.9 Å². The van der Waals surface area contributed by atoms with Crippen LogP contribution in [0.5, 0.6) is 0 Å². The smallest absolute Gasteiger partial charge is 0.241 e. The number of hydrogen-bond acceptors (Lipinski definition) is 4. The Morgan fingerprint density at radius 3 is 2.48 bits per heavy atom. The monoisotopic (exact) mass is 388 g/mol. The number of nitrogens with zero attached hydrogens (tertiary/aromatic N) is 3. The van der Waals surface area contributed by atoms with Crippen LogP contribution in [0.3, 0.4) is 0 Å². The first kappa shape index (κ1) is 19.2. The van der Waals surface area contributed by atoms with E-state index in [4.69, 9.17) is 0 Å². The largest absolute Gasteiger partial charge is 0.358 e. The van der Waals surface area contributed by atoms with Crippen LogP contribution in [0.15, 0.2) is 24.3 Å². The third-order valence-corrected chi connectivity index (χ3v) is 5.90. The number of anilines is 1. The van der Waals surface area contributed by atoms with E-state index in [1.807, 2.05) is 31.2 Å². The Labute approximate surface area is 159 Å². The average molecular weight is 388 g/mol. The van der Waals surface area contributed by atoms with E-state index in [2.05, 4.69) is 10.1 Å². The summed E-state index contributed by atoms with van der Waals surface area (Å²) in [5.74, 6) is -0.457. The van der Waals surface area contributed by atoms with Gasteiger partial charge in [0.25, 0.3) is 0 Å². The summed E-state index contributed by atoms with van der Waals surface area (Å²) in [6, 6.07) is 7.89. The number of aromatic nitrogens is 3. The second-order valence-corrected chi connectivity index (χ2v) is 8.67. The number of sulfonamides is 1. The van der Waals surface area contributed by atoms with Crippen LogP contribution < -0.4 is 4.31 Å². The van der Waals surface area contributed by atoms with E-state index in [-0.39, 0.29) is 6.42 Å². The van der Waals surface area contributed by atoms with Crippen LogP contribution in [-0.2, 0) is 28.3 Å². The maximum absolute atomic E-state index is 12.9. The van der Waals surface area contributed by atoms with E-state index in [1.54, 1.807) is 25.6 Å². The summed E-state index contributed by atoms with van der Waals surface area (Å²) >= 11 is 0. The van der Waals surface area contributed by atoms with Crippen molar-refractivity contribution in [3.8, 4) is 0 Å². The number of H-pyrrole nitrogens is 1. The van der Waals surface area contributed by atoms with E-state index < -0.39 is 15.9 Å². The van der Waals surface area contributed by atoms with E-state index >= 15 is 0 Å². The fourth-order valence-electron chi connectivity index (χ4n) is 3.52. The van der Waals surface area contributed by atoms with Gasteiger partial charge in [-0.05, 0) is 38.8 Å². The van der Waals surface area contributed by atoms with Crippen LogP contribution in [0.2, 0.25) is 0 Å². The van der Waals surface area contributed by atoms with Crippen molar-refractivity contribution in [1.29, 1.82) is 0 Å². The van der Waals surface area contributed by atoms with Crippen molar-refractivity contribution in [2.45, 2.75) is 33.6 Å². The predicted octanol–water partition coefficient (Wildman–Crippen LogP) is 2.75. The third-order valence-electron chi connectivity index (χ3n) is 4.85. The van der Waals surface area contributed by atoms with Gasteiger partial charge >= 0.3 is 0 Å². The fourth-order valence-corrected chi connectivity index (χ4v) is 4.58. The molecule has 0 saturated heterocycles. The summed E-state index contributed by atoms with van der Waals surface area (Å²) in [7, 11) is -2.04. The van der Waals surface area contributed by atoms with Gasteiger partial charge in [-0.2, -0.15) is 5.10 Å². The molecule has 0 atom stereocenters. The lowest BCUT2D eigenvalue weighted by Crippen LogP contribution is -2.37. The molecule has 7 nitrogen and oxygen atoms in total. The number of para-hydroxylation sites is 1. The van der Waals surface area contributed by atoms with Crippen LogP contribution in [0, 0.1) is 20.8 Å². The van der Waals surface area contributed by atoms with Crippen molar-refractivity contribution in [3.63, 3.8) is 0 Å². The molecule has 0 unspecified atom stereocenters. The van der Waals surface area contributed by atoms with Crippen LogP contribution >= 0.6 is 0 Å². The maximum atomic E-state index is 12.9. The number of amides is 1. The van der Waals surface area contributed by atoms with E-state index in [1.165, 1.54) is 0 Å². The molecule has 27 heavy (non-hydrogen) atoms. The van der Waals surface area contributed by atoms with Crippen molar-refractivity contribution in [2.75, 3.05) is 10.6 Å². The summed E-state index contributed by atoms with van der Waals surface area (Å²) in [6.07, 6.45) is 1.59. The second kappa shape index (κ2) is 6.84. The van der Waals surface area contributed by atoms with Gasteiger partial charge in [0.1, 0.15) is 5.69 Å². The molecule has 0 aliphatic rings. The molecular weight excluding hydrogens is 364 g/mol. The first-order valence-electron chi connectivity index (χ1n) is 8.70. The molecule has 1 N–H and O–H groups in total. The van der Waals surface area contributed by atoms with Gasteiger partial charge in [-0.15, -0.1) is 0 Å². The summed E-state index contributed by atoms with van der Waals surface area (Å²) in [5.41, 5.74) is 4.53. The number of fused-ring (bicyclic) bond motifs is 1. The number of rotatable bonds is 5. The highest BCUT2D eigenvalue weighted by molar-refractivity contribution is 7.92. The highest BCUT2D eigenvalue weighted by Crippen LogP contribution is 2.28. The second-order valence-electron chi connectivity index (χ2n) is 6.84. The van der Waals surface area contributed by atoms with Gasteiger partial charge in [-0.1, -0.05) is 18.2 Å². The zero-order valence-electron chi connectivity index (χ0n) is 16.2. The Kier molecular flexibility index (Phi) is 4.86. The fraction of sp³-hybridized carbons (Fsp3) is 0.368. The number of aryl methyl sites for hydroxylation is 4. The first-order valence-corrected chi connectivity index (χ1v) is 10.6. The van der Waals surface area contributed by atoms with Gasteiger partial charge in [0, 0.05) is 30.1 Å². The van der Waals surface area contributed by atoms with Crippen molar-refractivity contribution < 1.29 is 13.2 Å². The van der Waals surface area contributed by atoms with E-state index in [0.29, 0.717) is 23.5 Å². The molecule has 144 valence electrons. The van der Waals surface area contributed by atoms with Crippen LogP contribution in [0.4, 0.5) is 5.69 Å². The van der Waals surface area contributed by atoms with Crippen molar-refractivity contribution in [1.82, 2.24) is 14.8 Å². The van der Waals surface area contributed by atoms with Crippen LogP contribution in [-0.4, -0.2) is 35.3 Å². The van der Waals surface area contributed by atoms with E-state index in [9.17, 15) is 13.2 Å². The Bertz CT molecular complexity index is 1130.